The van der Waals surface area contributed by atoms with Gasteiger partial charge in [-0.25, -0.2) is 0 Å². The molecule has 14 heteroatoms. The van der Waals surface area contributed by atoms with Crippen LogP contribution in [0.1, 0.15) is 0 Å². The number of benzene rings is 3. The number of halogens is 6. The zero-order chi connectivity index (χ0) is 25.7. The number of hydrogen-bond acceptors (Lipinski definition) is 6. The molecule has 8 nitrogen and oxygen atoms in total. The molecule has 7 N–H and O–H groups in total. The number of phenolic OH excluding ortho intramolecular Hbond substituents is 3. The second-order valence-corrected chi connectivity index (χ2v) is 8.83. The van der Waals surface area contributed by atoms with Crippen molar-refractivity contribution in [3.63, 3.8) is 0 Å². The number of hydrogen-bond donors (Lipinski definition) is 6. The van der Waals surface area contributed by atoms with E-state index in [4.69, 9.17) is 80.4 Å². The molecule has 0 saturated carbocycles. The first-order chi connectivity index (χ1) is 15.8. The highest BCUT2D eigenvalue weighted by Crippen LogP contribution is 2.36. The van der Waals surface area contributed by atoms with Crippen molar-refractivity contribution in [2.45, 2.75) is 0 Å². The number of rotatable bonds is 2. The van der Waals surface area contributed by atoms with Crippen LogP contribution in [-0.2, 0) is 9.59 Å². The maximum absolute atomic E-state index is 11.9. The van der Waals surface area contributed by atoms with E-state index in [1.54, 1.807) is 0 Å². The van der Waals surface area contributed by atoms with E-state index in [2.05, 4.69) is 10.6 Å². The molecule has 0 unspecified atom stereocenters. The fourth-order valence-electron chi connectivity index (χ4n) is 2.27. The number of carbonyl (C=O) groups excluding carboxylic acids is 2. The summed E-state index contributed by atoms with van der Waals surface area (Å²) >= 11 is 34.0. The van der Waals surface area contributed by atoms with E-state index in [0.29, 0.717) is 5.02 Å². The number of nitrogens with two attached hydrogens (primary N) is 1. The summed E-state index contributed by atoms with van der Waals surface area (Å²) in [5.41, 5.74) is 5.19. The van der Waals surface area contributed by atoms with Gasteiger partial charge in [-0.15, -0.1) is 0 Å². The molecule has 34 heavy (non-hydrogen) atoms. The van der Waals surface area contributed by atoms with Crippen molar-refractivity contribution in [2.24, 2.45) is 0 Å². The lowest BCUT2D eigenvalue weighted by atomic mass is 10.2. The van der Waals surface area contributed by atoms with Gasteiger partial charge in [0, 0.05) is 15.1 Å². The Hall–Kier alpha value is -2.46. The maximum Gasteiger partial charge on any atom is 0.314 e. The number of carbonyl (C=O) groups is 2. The second-order valence-electron chi connectivity index (χ2n) is 6.30. The van der Waals surface area contributed by atoms with Crippen LogP contribution in [0.5, 0.6) is 17.2 Å². The lowest BCUT2D eigenvalue weighted by molar-refractivity contribution is -0.133. The van der Waals surface area contributed by atoms with Crippen LogP contribution in [-0.4, -0.2) is 27.1 Å². The van der Waals surface area contributed by atoms with Gasteiger partial charge in [0.05, 0.1) is 32.1 Å². The SMILES string of the molecule is Nc1cc(Cl)cc(Cl)c1O.O=C(Nc1cc(Cl)cc(Cl)c1O)C(=O)Nc1cc(Cl)cc(Cl)c1O. The van der Waals surface area contributed by atoms with Crippen LogP contribution < -0.4 is 16.4 Å². The molecule has 0 heterocycles. The standard InChI is InChI=1S/C14H8Cl4N2O4.C6H5Cl2NO/c15-5-1-7(17)11(21)9(3-5)19-13(23)14(24)20-10-4-6(16)2-8(18)12(10)22;7-3-1-4(8)6(10)5(9)2-3/h1-4,21-22H,(H,19,23)(H,20,24);1-2,10H,9H2. The van der Waals surface area contributed by atoms with Crippen LogP contribution in [0.4, 0.5) is 17.1 Å². The van der Waals surface area contributed by atoms with Crippen LogP contribution in [0.15, 0.2) is 36.4 Å². The molecule has 3 rings (SSSR count). The van der Waals surface area contributed by atoms with E-state index < -0.39 is 23.3 Å². The zero-order valence-electron chi connectivity index (χ0n) is 16.5. The van der Waals surface area contributed by atoms with Crippen LogP contribution in [0.25, 0.3) is 0 Å². The van der Waals surface area contributed by atoms with Crippen LogP contribution >= 0.6 is 69.6 Å². The highest BCUT2D eigenvalue weighted by molar-refractivity contribution is 6.45. The van der Waals surface area contributed by atoms with Gasteiger partial charge in [0.1, 0.15) is 0 Å². The van der Waals surface area contributed by atoms with Crippen LogP contribution in [0.2, 0.25) is 30.1 Å². The van der Waals surface area contributed by atoms with Crippen molar-refractivity contribution in [2.75, 3.05) is 16.4 Å². The van der Waals surface area contributed by atoms with Gasteiger partial charge in [0.2, 0.25) is 0 Å². The predicted octanol–water partition coefficient (Wildman–Crippen LogP) is 6.57. The maximum atomic E-state index is 11.9. The summed E-state index contributed by atoms with van der Waals surface area (Å²) in [6, 6.07) is 7.81. The van der Waals surface area contributed by atoms with Crippen molar-refractivity contribution in [1.82, 2.24) is 0 Å². The van der Waals surface area contributed by atoms with E-state index in [-0.39, 0.29) is 47.9 Å². The molecular formula is C20H13Cl6N3O5. The molecule has 3 aromatic carbocycles. The van der Waals surface area contributed by atoms with Gasteiger partial charge in [-0.3, -0.25) is 9.59 Å². The van der Waals surface area contributed by atoms with Gasteiger partial charge in [-0.1, -0.05) is 69.6 Å². The first kappa shape index (κ1) is 27.8. The Labute approximate surface area is 222 Å². The van der Waals surface area contributed by atoms with E-state index in [9.17, 15) is 19.8 Å². The fourth-order valence-corrected chi connectivity index (χ4v) is 3.76. The molecule has 2 amide bonds. The number of anilines is 3. The minimum atomic E-state index is -1.14. The Morgan fingerprint density at radius 2 is 0.912 bits per heavy atom. The van der Waals surface area contributed by atoms with Crippen molar-refractivity contribution in [3.05, 3.63) is 66.5 Å². The van der Waals surface area contributed by atoms with Gasteiger partial charge >= 0.3 is 11.8 Å². The molecule has 180 valence electrons. The topological polar surface area (TPSA) is 145 Å². The normalized spacial score (nSPS) is 10.2. The molecule has 0 atom stereocenters. The first-order valence-electron chi connectivity index (χ1n) is 8.72. The van der Waals surface area contributed by atoms with Crippen LogP contribution in [0.3, 0.4) is 0 Å². The Kier molecular flexibility index (Phi) is 9.64. The molecule has 0 spiro atoms. The molecular weight excluding hydrogens is 575 g/mol. The largest absolute Gasteiger partial charge is 0.504 e. The minimum absolute atomic E-state index is 0.0996. The average molecular weight is 588 g/mol. The van der Waals surface area contributed by atoms with Gasteiger partial charge in [0.25, 0.3) is 0 Å². The Bertz CT molecular complexity index is 1180. The summed E-state index contributed by atoms with van der Waals surface area (Å²) in [6.45, 7) is 0. The average Bonchev–Trinajstić information content (AvgIpc) is 2.73. The molecule has 0 aromatic heterocycles. The third-order valence-corrected chi connectivity index (χ3v) is 5.34. The lowest BCUT2D eigenvalue weighted by Crippen LogP contribution is -2.29. The minimum Gasteiger partial charge on any atom is -0.504 e. The van der Waals surface area contributed by atoms with E-state index in [0.717, 1.165) is 0 Å². The second kappa shape index (κ2) is 11.8. The quantitative estimate of drug-likeness (QED) is 0.114. The van der Waals surface area contributed by atoms with Crippen molar-refractivity contribution < 1.29 is 24.9 Å². The summed E-state index contributed by atoms with van der Waals surface area (Å²) in [6.07, 6.45) is 0. The first-order valence-corrected chi connectivity index (χ1v) is 11.0. The smallest absolute Gasteiger partial charge is 0.314 e. The summed E-state index contributed by atoms with van der Waals surface area (Å²) in [4.78, 5) is 23.8. The highest BCUT2D eigenvalue weighted by Gasteiger charge is 2.19. The number of nitrogen functional groups attached to an aromatic ring is 1. The predicted molar refractivity (Wildman–Crippen MR) is 136 cm³/mol. The summed E-state index contributed by atoms with van der Waals surface area (Å²) < 4.78 is 0. The van der Waals surface area contributed by atoms with E-state index in [1.807, 2.05) is 0 Å². The number of amides is 2. The third kappa shape index (κ3) is 7.27. The molecule has 0 bridgehead atoms. The summed E-state index contributed by atoms with van der Waals surface area (Å²) in [7, 11) is 0. The molecule has 3 aromatic rings. The Morgan fingerprint density at radius 1 is 0.588 bits per heavy atom. The molecule has 0 fully saturated rings. The van der Waals surface area contributed by atoms with Crippen molar-refractivity contribution >= 4 is 98.5 Å². The number of aromatic hydroxyl groups is 3. The summed E-state index contributed by atoms with van der Waals surface area (Å²) in [5, 5.41) is 33.5. The molecule has 0 radical (unpaired) electrons. The Morgan fingerprint density at radius 3 is 1.26 bits per heavy atom. The molecule has 0 aliphatic heterocycles. The van der Waals surface area contributed by atoms with Crippen molar-refractivity contribution in [3.8, 4) is 17.2 Å². The fraction of sp³-hybridized carbons (Fsp3) is 0. The van der Waals surface area contributed by atoms with E-state index >= 15 is 0 Å². The highest BCUT2D eigenvalue weighted by atomic mass is 35.5. The molecule has 0 saturated heterocycles. The lowest BCUT2D eigenvalue weighted by Gasteiger charge is -2.11. The van der Waals surface area contributed by atoms with E-state index in [1.165, 1.54) is 36.4 Å². The Balaban J connectivity index is 0.000000340. The molecule has 0 aliphatic carbocycles. The third-order valence-electron chi connectivity index (χ3n) is 3.82. The van der Waals surface area contributed by atoms with Gasteiger partial charge in [0.15, 0.2) is 17.2 Å². The number of nitrogens with one attached hydrogen (secondary N) is 2. The number of phenols is 3. The van der Waals surface area contributed by atoms with Gasteiger partial charge < -0.3 is 31.7 Å². The van der Waals surface area contributed by atoms with Gasteiger partial charge in [-0.05, 0) is 36.4 Å². The van der Waals surface area contributed by atoms with Crippen molar-refractivity contribution in [1.29, 1.82) is 0 Å². The summed E-state index contributed by atoms with van der Waals surface area (Å²) in [5.74, 6) is -3.30. The van der Waals surface area contributed by atoms with Crippen LogP contribution in [0, 0.1) is 0 Å². The van der Waals surface area contributed by atoms with Gasteiger partial charge in [-0.2, -0.15) is 0 Å². The monoisotopic (exact) mass is 585 g/mol. The zero-order valence-corrected chi connectivity index (χ0v) is 21.0. The molecule has 0 aliphatic rings.